The van der Waals surface area contributed by atoms with Crippen molar-refractivity contribution < 1.29 is 0 Å². The van der Waals surface area contributed by atoms with Gasteiger partial charge in [0.2, 0.25) is 0 Å². The van der Waals surface area contributed by atoms with Gasteiger partial charge in [0.1, 0.15) is 0 Å². The predicted molar refractivity (Wildman–Crippen MR) is 296 cm³/mol. The average molecular weight is 881 g/mol. The molecule has 2 nitrogen and oxygen atoms in total. The van der Waals surface area contributed by atoms with Crippen molar-refractivity contribution in [2.75, 3.05) is 0 Å². The summed E-state index contributed by atoms with van der Waals surface area (Å²) in [6.07, 6.45) is 0. The summed E-state index contributed by atoms with van der Waals surface area (Å²) in [5, 5.41) is 15.7. The molecule has 13 rings (SSSR count). The number of rotatable bonds is 2. The van der Waals surface area contributed by atoms with Gasteiger partial charge in [0.25, 0.3) is 0 Å². The Kier molecular flexibility index (Phi) is 8.15. The molecule has 0 spiro atoms. The second kappa shape index (κ2) is 13.4. The largest absolute Gasteiger partial charge is 0.308 e. The van der Waals surface area contributed by atoms with Crippen LogP contribution in [0.25, 0.3) is 120 Å². The van der Waals surface area contributed by atoms with Crippen LogP contribution in [-0.2, 0) is 21.7 Å². The minimum atomic E-state index is -0.0276. The van der Waals surface area contributed by atoms with Crippen LogP contribution in [0.4, 0.5) is 0 Å². The minimum absolute atomic E-state index is 0.0276. The molecule has 0 saturated heterocycles. The van der Waals surface area contributed by atoms with E-state index >= 15 is 0 Å². The van der Waals surface area contributed by atoms with Gasteiger partial charge in [-0.25, -0.2) is 0 Å². The third-order valence-corrected chi connectivity index (χ3v) is 15.7. The molecule has 13 aromatic rings. The Labute approximate surface area is 399 Å². The molecule has 0 aliphatic heterocycles. The van der Waals surface area contributed by atoms with Crippen LogP contribution in [0.3, 0.4) is 0 Å². The van der Waals surface area contributed by atoms with Gasteiger partial charge < -0.3 is 8.80 Å². The molecule has 0 N–H and O–H groups in total. The summed E-state index contributed by atoms with van der Waals surface area (Å²) in [6, 6.07) is 57.1. The quantitative estimate of drug-likeness (QED) is 0.153. The Morgan fingerprint density at radius 3 is 0.868 bits per heavy atom. The van der Waals surface area contributed by atoms with Gasteiger partial charge in [0.05, 0.1) is 33.1 Å². The highest BCUT2D eigenvalue weighted by Crippen LogP contribution is 2.51. The summed E-state index contributed by atoms with van der Waals surface area (Å²) in [5.74, 6) is 0. The molecule has 0 bridgehead atoms. The summed E-state index contributed by atoms with van der Waals surface area (Å²) < 4.78 is 5.19. The van der Waals surface area contributed by atoms with Crippen molar-refractivity contribution >= 4 is 97.7 Å². The van der Waals surface area contributed by atoms with Crippen LogP contribution in [0.15, 0.2) is 146 Å². The summed E-state index contributed by atoms with van der Waals surface area (Å²) in [5.41, 5.74) is 18.2. The van der Waals surface area contributed by atoms with Gasteiger partial charge in [-0.1, -0.05) is 156 Å². The SMILES string of the molecule is CC(C)(C)c1ccc2c(c1)c1cc(C(C)(C)C)cc3c4cc5c(-c6ccccc6)c6cc7c(cc6c(-c6ccccc6)c5cc4n2c13)c1cc(C(C)(C)C)cc2c3cc(C(C)(C)C)ccc3n7c21. The first-order valence-corrected chi connectivity index (χ1v) is 24.8. The van der Waals surface area contributed by atoms with Crippen LogP contribution >= 0.6 is 0 Å². The van der Waals surface area contributed by atoms with Crippen molar-refractivity contribution in [3.05, 3.63) is 168 Å². The van der Waals surface area contributed by atoms with Crippen molar-refractivity contribution in [3.8, 4) is 22.3 Å². The summed E-state index contributed by atoms with van der Waals surface area (Å²) in [4.78, 5) is 0. The van der Waals surface area contributed by atoms with Crippen LogP contribution in [0, 0.1) is 0 Å². The predicted octanol–water partition coefficient (Wildman–Crippen LogP) is 18.8. The van der Waals surface area contributed by atoms with Crippen LogP contribution in [0.1, 0.15) is 105 Å². The van der Waals surface area contributed by atoms with Gasteiger partial charge >= 0.3 is 0 Å². The van der Waals surface area contributed by atoms with E-state index in [1.165, 1.54) is 142 Å². The number of nitrogens with zero attached hydrogens (tertiary/aromatic N) is 2. The van der Waals surface area contributed by atoms with Crippen molar-refractivity contribution in [3.63, 3.8) is 0 Å². The first kappa shape index (κ1) is 41.3. The lowest BCUT2D eigenvalue weighted by atomic mass is 9.83. The fourth-order valence-electron chi connectivity index (χ4n) is 11.9. The van der Waals surface area contributed by atoms with E-state index in [1.807, 2.05) is 0 Å². The molecule has 9 aromatic carbocycles. The maximum atomic E-state index is 2.59. The number of hydrogen-bond donors (Lipinski definition) is 0. The zero-order chi connectivity index (χ0) is 47.1. The van der Waals surface area contributed by atoms with E-state index in [9.17, 15) is 0 Å². The summed E-state index contributed by atoms with van der Waals surface area (Å²) in [6.45, 7) is 28.1. The van der Waals surface area contributed by atoms with Crippen LogP contribution in [0.2, 0.25) is 0 Å². The Hall–Kier alpha value is -6.90. The number of fused-ring (bicyclic) bond motifs is 14. The lowest BCUT2D eigenvalue weighted by Crippen LogP contribution is -2.11. The van der Waals surface area contributed by atoms with Crippen molar-refractivity contribution in [1.82, 2.24) is 8.80 Å². The van der Waals surface area contributed by atoms with Gasteiger partial charge in [-0.3, -0.25) is 0 Å². The first-order valence-electron chi connectivity index (χ1n) is 24.8. The average Bonchev–Trinajstić information content (AvgIpc) is 4.01. The van der Waals surface area contributed by atoms with Gasteiger partial charge in [0, 0.05) is 43.1 Å². The molecule has 68 heavy (non-hydrogen) atoms. The van der Waals surface area contributed by atoms with E-state index in [0.717, 1.165) is 0 Å². The van der Waals surface area contributed by atoms with E-state index in [4.69, 9.17) is 0 Å². The third-order valence-electron chi connectivity index (χ3n) is 15.7. The van der Waals surface area contributed by atoms with Gasteiger partial charge in [-0.2, -0.15) is 0 Å². The normalized spacial score (nSPS) is 13.6. The Bertz CT molecular complexity index is 3960. The lowest BCUT2D eigenvalue weighted by Gasteiger charge is -2.21. The van der Waals surface area contributed by atoms with E-state index < -0.39 is 0 Å². The molecule has 2 heteroatoms. The molecular weight excluding hydrogens is 821 g/mol. The number of hydrogen-bond acceptors (Lipinski definition) is 0. The fourth-order valence-corrected chi connectivity index (χ4v) is 11.9. The van der Waals surface area contributed by atoms with Crippen LogP contribution in [0.5, 0.6) is 0 Å². The second-order valence-electron chi connectivity index (χ2n) is 24.3. The van der Waals surface area contributed by atoms with Crippen molar-refractivity contribution in [1.29, 1.82) is 0 Å². The molecule has 0 aliphatic carbocycles. The molecule has 0 fully saturated rings. The molecule has 0 saturated carbocycles. The summed E-state index contributed by atoms with van der Waals surface area (Å²) >= 11 is 0. The molecule has 0 radical (unpaired) electrons. The smallest absolute Gasteiger partial charge is 0.0620 e. The van der Waals surface area contributed by atoms with Gasteiger partial charge in [-0.15, -0.1) is 0 Å². The van der Waals surface area contributed by atoms with E-state index in [2.05, 4.69) is 237 Å². The molecule has 0 aliphatic rings. The number of benzene rings is 9. The van der Waals surface area contributed by atoms with E-state index in [0.29, 0.717) is 0 Å². The highest BCUT2D eigenvalue weighted by molar-refractivity contribution is 6.32. The zero-order valence-corrected chi connectivity index (χ0v) is 41.8. The molecular formula is C66H60N2. The standard InChI is InChI=1S/C66H60N2/c1-63(2,3)39-23-25-55-43(27-39)51-29-41(65(7,8)9)31-53-45-33-47-49(35-57(45)67(55)61(51)53)59(37-19-15-13-16-20-37)48-34-46-54-32-42(66(10,11)12)30-52-44-28-40(64(4,5)6)24-26-56(44)68(62(52)54)58(46)36-50(48)60(47)38-21-17-14-18-22-38/h13-36H,1-12H3. The maximum Gasteiger partial charge on any atom is 0.0620 e. The Morgan fingerprint density at radius 1 is 0.250 bits per heavy atom. The Morgan fingerprint density at radius 2 is 0.544 bits per heavy atom. The third kappa shape index (κ3) is 5.70. The van der Waals surface area contributed by atoms with Crippen molar-refractivity contribution in [2.45, 2.75) is 105 Å². The molecule has 4 aromatic heterocycles. The van der Waals surface area contributed by atoms with Crippen LogP contribution in [-0.4, -0.2) is 8.80 Å². The Balaban J connectivity index is 1.26. The topological polar surface area (TPSA) is 8.82 Å². The number of aromatic nitrogens is 2. The highest BCUT2D eigenvalue weighted by atomic mass is 14.9. The van der Waals surface area contributed by atoms with E-state index in [1.54, 1.807) is 0 Å². The van der Waals surface area contributed by atoms with Crippen molar-refractivity contribution in [2.24, 2.45) is 0 Å². The molecule has 334 valence electrons. The van der Waals surface area contributed by atoms with E-state index in [-0.39, 0.29) is 21.7 Å². The first-order chi connectivity index (χ1) is 32.3. The summed E-state index contributed by atoms with van der Waals surface area (Å²) in [7, 11) is 0. The second-order valence-corrected chi connectivity index (χ2v) is 24.3. The minimum Gasteiger partial charge on any atom is -0.308 e. The molecule has 4 heterocycles. The monoisotopic (exact) mass is 880 g/mol. The maximum absolute atomic E-state index is 2.59. The van der Waals surface area contributed by atoms with Crippen LogP contribution < -0.4 is 0 Å². The zero-order valence-electron chi connectivity index (χ0n) is 41.8. The van der Waals surface area contributed by atoms with Gasteiger partial charge in [0.15, 0.2) is 0 Å². The molecule has 0 atom stereocenters. The molecule has 0 unspecified atom stereocenters. The van der Waals surface area contributed by atoms with Gasteiger partial charge in [-0.05, 0) is 161 Å². The highest BCUT2D eigenvalue weighted by Gasteiger charge is 2.29. The molecule has 0 amide bonds. The fraction of sp³-hybridized carbons (Fsp3) is 0.242. The lowest BCUT2D eigenvalue weighted by molar-refractivity contribution is 0.590.